The molecule has 2 aliphatic rings. The minimum absolute atomic E-state index is 0.0495. The summed E-state index contributed by atoms with van der Waals surface area (Å²) >= 11 is 0. The predicted octanol–water partition coefficient (Wildman–Crippen LogP) is 4.26. The van der Waals surface area contributed by atoms with Crippen molar-refractivity contribution in [3.63, 3.8) is 0 Å². The Labute approximate surface area is 184 Å². The van der Waals surface area contributed by atoms with E-state index < -0.39 is 0 Å². The minimum Gasteiger partial charge on any atom is -0.377 e. The first-order valence-electron chi connectivity index (χ1n) is 11.0. The maximum atomic E-state index is 13.6. The zero-order chi connectivity index (χ0) is 22.1. The first kappa shape index (κ1) is 21.3. The Balaban J connectivity index is 1.80. The van der Waals surface area contributed by atoms with Crippen LogP contribution in [0.2, 0.25) is 0 Å². The smallest absolute Gasteiger partial charge is 0.278 e. The van der Waals surface area contributed by atoms with Crippen LogP contribution in [0, 0.1) is 13.8 Å². The lowest BCUT2D eigenvalue weighted by molar-refractivity contribution is -0.138. The molecule has 0 atom stereocenters. The van der Waals surface area contributed by atoms with Gasteiger partial charge in [0.15, 0.2) is 0 Å². The van der Waals surface area contributed by atoms with Crippen LogP contribution in [0.3, 0.4) is 0 Å². The Morgan fingerprint density at radius 2 is 1.77 bits per heavy atom. The highest BCUT2D eigenvalue weighted by atomic mass is 16.5. The molecule has 0 unspecified atom stereocenters. The molecule has 0 spiro atoms. The number of anilines is 1. The Hall–Kier alpha value is -2.92. The van der Waals surface area contributed by atoms with Crippen molar-refractivity contribution in [1.29, 1.82) is 0 Å². The molecule has 2 aliphatic heterocycles. The Morgan fingerprint density at radius 3 is 2.52 bits per heavy atom. The number of hydrogen-bond donors (Lipinski definition) is 0. The first-order valence-corrected chi connectivity index (χ1v) is 11.0. The van der Waals surface area contributed by atoms with Crippen molar-refractivity contribution in [2.24, 2.45) is 0 Å². The first-order chi connectivity index (χ1) is 14.9. The number of fused-ring (bicyclic) bond motifs is 1. The molecule has 2 amide bonds. The summed E-state index contributed by atoms with van der Waals surface area (Å²) in [4.78, 5) is 30.5. The van der Waals surface area contributed by atoms with E-state index >= 15 is 0 Å². The average Bonchev–Trinajstić information content (AvgIpc) is 2.99. The van der Waals surface area contributed by atoms with Crippen LogP contribution in [0.25, 0.3) is 5.57 Å². The van der Waals surface area contributed by atoms with Crippen molar-refractivity contribution in [2.45, 2.75) is 46.6 Å². The van der Waals surface area contributed by atoms with Crippen molar-refractivity contribution in [2.75, 3.05) is 24.6 Å². The van der Waals surface area contributed by atoms with Crippen LogP contribution in [0.15, 0.2) is 48.2 Å². The van der Waals surface area contributed by atoms with Crippen molar-refractivity contribution < 1.29 is 14.3 Å². The van der Waals surface area contributed by atoms with Gasteiger partial charge in [-0.1, -0.05) is 36.4 Å². The molecule has 0 fully saturated rings. The molecule has 0 aromatic heterocycles. The summed E-state index contributed by atoms with van der Waals surface area (Å²) in [5.41, 5.74) is 6.28. The molecule has 0 aliphatic carbocycles. The van der Waals surface area contributed by atoms with E-state index in [1.807, 2.05) is 69.0 Å². The zero-order valence-electron chi connectivity index (χ0n) is 18.8. The standard InChI is InChI=1S/C26H30N2O3/c1-17(2)31-15-14-28-25(29)23(21-12-11-18(3)19(4)16-21)24(26(28)30)27-13-7-9-20-8-5-6-10-22(20)27/h5-6,8,10-12,16-17H,7,9,13-15H2,1-4H3. The third-order valence-corrected chi connectivity index (χ3v) is 6.09. The summed E-state index contributed by atoms with van der Waals surface area (Å²) in [5.74, 6) is -0.471. The highest BCUT2D eigenvalue weighted by Crippen LogP contribution is 2.38. The van der Waals surface area contributed by atoms with Gasteiger partial charge in [-0.2, -0.15) is 0 Å². The number of amides is 2. The number of imide groups is 1. The SMILES string of the molecule is Cc1ccc(C2=C(N3CCCc4ccccc43)C(=O)N(CCOC(C)C)C2=O)cc1C. The molecule has 31 heavy (non-hydrogen) atoms. The molecule has 5 heteroatoms. The number of para-hydroxylation sites is 1. The number of carbonyl (C=O) groups excluding carboxylic acids is 2. The lowest BCUT2D eigenvalue weighted by Gasteiger charge is -2.32. The lowest BCUT2D eigenvalue weighted by Crippen LogP contribution is -2.39. The van der Waals surface area contributed by atoms with Crippen LogP contribution in [0.1, 0.15) is 42.5 Å². The van der Waals surface area contributed by atoms with Gasteiger partial charge >= 0.3 is 0 Å². The summed E-state index contributed by atoms with van der Waals surface area (Å²) in [7, 11) is 0. The molecule has 2 heterocycles. The number of hydrogen-bond acceptors (Lipinski definition) is 4. The van der Waals surface area contributed by atoms with Gasteiger partial charge in [0.1, 0.15) is 5.70 Å². The van der Waals surface area contributed by atoms with E-state index in [-0.39, 0.29) is 24.5 Å². The highest BCUT2D eigenvalue weighted by Gasteiger charge is 2.42. The molecule has 5 nitrogen and oxygen atoms in total. The van der Waals surface area contributed by atoms with Crippen molar-refractivity contribution in [1.82, 2.24) is 4.90 Å². The van der Waals surface area contributed by atoms with Crippen LogP contribution in [0.5, 0.6) is 0 Å². The third kappa shape index (κ3) is 4.02. The van der Waals surface area contributed by atoms with E-state index in [2.05, 4.69) is 6.07 Å². The molecule has 0 N–H and O–H groups in total. The van der Waals surface area contributed by atoms with E-state index in [0.717, 1.165) is 41.8 Å². The lowest BCUT2D eigenvalue weighted by atomic mass is 9.97. The predicted molar refractivity (Wildman–Crippen MR) is 123 cm³/mol. The minimum atomic E-state index is -0.237. The number of carbonyl (C=O) groups is 2. The Morgan fingerprint density at radius 1 is 1.00 bits per heavy atom. The molecular weight excluding hydrogens is 388 g/mol. The van der Waals surface area contributed by atoms with Gasteiger partial charge in [0, 0.05) is 12.2 Å². The van der Waals surface area contributed by atoms with Crippen LogP contribution in [-0.4, -0.2) is 42.5 Å². The zero-order valence-corrected chi connectivity index (χ0v) is 18.8. The van der Waals surface area contributed by atoms with Crippen molar-refractivity contribution >= 4 is 23.1 Å². The van der Waals surface area contributed by atoms with E-state index in [1.54, 1.807) is 0 Å². The van der Waals surface area contributed by atoms with E-state index in [9.17, 15) is 9.59 Å². The van der Waals surface area contributed by atoms with Gasteiger partial charge in [0.2, 0.25) is 0 Å². The van der Waals surface area contributed by atoms with Crippen LogP contribution >= 0.6 is 0 Å². The van der Waals surface area contributed by atoms with Gasteiger partial charge in [0.25, 0.3) is 11.8 Å². The van der Waals surface area contributed by atoms with Gasteiger partial charge in [0.05, 0.1) is 24.8 Å². The fourth-order valence-corrected chi connectivity index (χ4v) is 4.32. The van der Waals surface area contributed by atoms with E-state index in [0.29, 0.717) is 17.9 Å². The fourth-order valence-electron chi connectivity index (χ4n) is 4.32. The molecule has 2 aromatic carbocycles. The molecule has 162 valence electrons. The fraction of sp³-hybridized carbons (Fsp3) is 0.385. The second-order valence-electron chi connectivity index (χ2n) is 8.59. The van der Waals surface area contributed by atoms with Gasteiger partial charge in [-0.25, -0.2) is 0 Å². The van der Waals surface area contributed by atoms with Gasteiger partial charge in [-0.05, 0) is 68.9 Å². The third-order valence-electron chi connectivity index (χ3n) is 6.09. The second kappa shape index (κ2) is 8.67. The Kier molecular flexibility index (Phi) is 5.96. The monoisotopic (exact) mass is 418 g/mol. The molecule has 0 radical (unpaired) electrons. The number of ether oxygens (including phenoxy) is 1. The Bertz CT molecular complexity index is 1050. The molecule has 0 saturated carbocycles. The van der Waals surface area contributed by atoms with Crippen LogP contribution in [0.4, 0.5) is 5.69 Å². The second-order valence-corrected chi connectivity index (χ2v) is 8.59. The normalized spacial score (nSPS) is 16.5. The van der Waals surface area contributed by atoms with Gasteiger partial charge in [-0.3, -0.25) is 14.5 Å². The summed E-state index contributed by atoms with van der Waals surface area (Å²) in [6.45, 7) is 9.28. The highest BCUT2D eigenvalue weighted by molar-refractivity contribution is 6.36. The number of benzene rings is 2. The maximum absolute atomic E-state index is 13.6. The molecule has 0 saturated heterocycles. The van der Waals surface area contributed by atoms with E-state index in [1.165, 1.54) is 10.5 Å². The largest absolute Gasteiger partial charge is 0.377 e. The molecule has 0 bridgehead atoms. The molecule has 2 aromatic rings. The van der Waals surface area contributed by atoms with Crippen molar-refractivity contribution in [3.05, 3.63) is 70.4 Å². The average molecular weight is 419 g/mol. The van der Waals surface area contributed by atoms with Crippen LogP contribution in [-0.2, 0) is 20.7 Å². The van der Waals surface area contributed by atoms with E-state index in [4.69, 9.17) is 4.74 Å². The van der Waals surface area contributed by atoms with Gasteiger partial charge in [-0.15, -0.1) is 0 Å². The number of rotatable bonds is 6. The quantitative estimate of drug-likeness (QED) is 0.658. The summed E-state index contributed by atoms with van der Waals surface area (Å²) in [6.07, 6.45) is 1.97. The number of aryl methyl sites for hydroxylation is 3. The topological polar surface area (TPSA) is 49.9 Å². The van der Waals surface area contributed by atoms with Crippen LogP contribution < -0.4 is 4.90 Å². The maximum Gasteiger partial charge on any atom is 0.278 e. The molecular formula is C26H30N2O3. The summed E-state index contributed by atoms with van der Waals surface area (Å²) in [5, 5.41) is 0. The van der Waals surface area contributed by atoms with Crippen molar-refractivity contribution in [3.8, 4) is 0 Å². The van der Waals surface area contributed by atoms with Gasteiger partial charge < -0.3 is 9.64 Å². The number of nitrogens with zero attached hydrogens (tertiary/aromatic N) is 2. The summed E-state index contributed by atoms with van der Waals surface area (Å²) < 4.78 is 5.63. The molecule has 4 rings (SSSR count). The summed E-state index contributed by atoms with van der Waals surface area (Å²) in [6, 6.07) is 14.1.